The number of nitriles is 1. The lowest BCUT2D eigenvalue weighted by Crippen LogP contribution is -2.32. The van der Waals surface area contributed by atoms with E-state index in [-0.39, 0.29) is 5.91 Å². The predicted molar refractivity (Wildman–Crippen MR) is 136 cm³/mol. The van der Waals surface area contributed by atoms with Gasteiger partial charge in [-0.3, -0.25) is 22.5 Å². The van der Waals surface area contributed by atoms with Crippen molar-refractivity contribution in [1.29, 1.82) is 5.26 Å². The Balaban J connectivity index is 1.34. The first-order valence-corrected chi connectivity index (χ1v) is 12.6. The smallest absolute Gasteiger partial charge is 0.251 e. The summed E-state index contributed by atoms with van der Waals surface area (Å²) < 4.78 is 24.9. The van der Waals surface area contributed by atoms with Crippen LogP contribution in [-0.4, -0.2) is 28.6 Å². The van der Waals surface area contributed by atoms with Crippen molar-refractivity contribution in [3.8, 4) is 17.2 Å². The highest BCUT2D eigenvalue weighted by molar-refractivity contribution is 8.26. The largest absolute Gasteiger partial charge is 0.348 e. The summed E-state index contributed by atoms with van der Waals surface area (Å²) in [5.74, 6) is 0.294. The van der Waals surface area contributed by atoms with Crippen LogP contribution >= 0.6 is 11.0 Å². The Morgan fingerprint density at radius 3 is 2.59 bits per heavy atom. The summed E-state index contributed by atoms with van der Waals surface area (Å²) in [5, 5.41) is 11.9. The molecular weight excluding hydrogens is 448 g/mol. The number of nitrogens with one attached hydrogen (secondary N) is 1. The molecule has 1 fully saturated rings. The zero-order chi connectivity index (χ0) is 23.9. The van der Waals surface area contributed by atoms with Gasteiger partial charge in [0.25, 0.3) is 5.91 Å². The topological polar surface area (TPSA) is 99.8 Å². The van der Waals surface area contributed by atoms with E-state index in [1.807, 2.05) is 48.5 Å². The van der Waals surface area contributed by atoms with Crippen molar-refractivity contribution >= 4 is 28.2 Å². The second kappa shape index (κ2) is 8.69. The van der Waals surface area contributed by atoms with Crippen LogP contribution in [0.3, 0.4) is 0 Å². The van der Waals surface area contributed by atoms with E-state index in [1.165, 1.54) is 0 Å². The first-order chi connectivity index (χ1) is 16.4. The normalized spacial score (nSPS) is 17.1. The molecule has 5 rings (SSSR count). The van der Waals surface area contributed by atoms with Gasteiger partial charge in [0.05, 0.1) is 23.0 Å². The number of amides is 1. The lowest BCUT2D eigenvalue weighted by atomic mass is 10.0. The van der Waals surface area contributed by atoms with Crippen LogP contribution in [0.2, 0.25) is 0 Å². The molecule has 34 heavy (non-hydrogen) atoms. The molecule has 3 N–H and O–H groups in total. The Labute approximate surface area is 200 Å². The van der Waals surface area contributed by atoms with Gasteiger partial charge in [0.1, 0.15) is 0 Å². The average molecular weight is 475 g/mol. The van der Waals surface area contributed by atoms with Gasteiger partial charge in [-0.15, -0.1) is 0 Å². The molecule has 0 unspecified atom stereocenters. The van der Waals surface area contributed by atoms with Gasteiger partial charge in [-0.2, -0.15) is 5.26 Å². The number of fused-ring (bicyclic) bond motifs is 1. The minimum absolute atomic E-state index is 0.234. The quantitative estimate of drug-likeness (QED) is 0.442. The van der Waals surface area contributed by atoms with Crippen molar-refractivity contribution in [2.24, 2.45) is 5.92 Å². The summed E-state index contributed by atoms with van der Waals surface area (Å²) in [7, 11) is -1.32. The zero-order valence-corrected chi connectivity index (χ0v) is 19.6. The average Bonchev–Trinajstić information content (AvgIpc) is 3.66. The molecule has 1 heterocycles. The Morgan fingerprint density at radius 1 is 1.06 bits per heavy atom. The predicted octanol–water partition coefficient (Wildman–Crippen LogP) is 5.40. The molecule has 3 aromatic carbocycles. The summed E-state index contributed by atoms with van der Waals surface area (Å²) in [6.07, 6.45) is 2.27. The van der Waals surface area contributed by atoms with E-state index in [2.05, 4.69) is 5.32 Å². The number of hydrogen-bond donors (Lipinski definition) is 3. The summed E-state index contributed by atoms with van der Waals surface area (Å²) >= 11 is 0. The van der Waals surface area contributed by atoms with Crippen LogP contribution in [0, 0.1) is 17.2 Å². The molecule has 0 atom stereocenters. The summed E-state index contributed by atoms with van der Waals surface area (Å²) in [5.41, 5.74) is 5.43. The third-order valence-corrected chi connectivity index (χ3v) is 8.20. The molecule has 7 nitrogen and oxygen atoms in total. The fraction of sp³-hybridized carbons (Fsp3) is 0.231. The maximum absolute atomic E-state index is 12.5. The van der Waals surface area contributed by atoms with Crippen LogP contribution in [-0.2, 0) is 6.54 Å². The fourth-order valence-corrected chi connectivity index (χ4v) is 5.72. The lowest BCUT2D eigenvalue weighted by Gasteiger charge is -2.42. The number of hydrogen-bond acceptors (Lipinski definition) is 6. The van der Waals surface area contributed by atoms with E-state index in [0.717, 1.165) is 40.9 Å². The van der Waals surface area contributed by atoms with Gasteiger partial charge in [-0.25, -0.2) is 0 Å². The summed E-state index contributed by atoms with van der Waals surface area (Å²) in [6, 6.07) is 22.5. The second-order valence-electron chi connectivity index (χ2n) is 8.77. The van der Waals surface area contributed by atoms with Crippen LogP contribution in [0.4, 0.5) is 11.4 Å². The van der Waals surface area contributed by atoms with E-state index < -0.39 is 11.0 Å². The van der Waals surface area contributed by atoms with Crippen molar-refractivity contribution in [3.63, 3.8) is 0 Å². The fourth-order valence-electron chi connectivity index (χ4n) is 4.19. The van der Waals surface area contributed by atoms with E-state index in [0.29, 0.717) is 30.1 Å². The van der Waals surface area contributed by atoms with Crippen molar-refractivity contribution in [2.45, 2.75) is 19.4 Å². The van der Waals surface area contributed by atoms with Crippen LogP contribution in [0.25, 0.3) is 11.1 Å². The number of rotatable bonds is 6. The maximum Gasteiger partial charge on any atom is 0.251 e. The Hall–Kier alpha value is -3.51. The SMILES string of the molecule is CN1c2cc(-c3cccc(CNC(=O)c4cccc(C#N)c4)c3)ccc2N(CC2CC2)S1(O)O. The highest BCUT2D eigenvalue weighted by Crippen LogP contribution is 2.61. The van der Waals surface area contributed by atoms with E-state index >= 15 is 0 Å². The van der Waals surface area contributed by atoms with Crippen molar-refractivity contribution in [3.05, 3.63) is 83.4 Å². The van der Waals surface area contributed by atoms with Crippen molar-refractivity contribution in [2.75, 3.05) is 22.2 Å². The lowest BCUT2D eigenvalue weighted by molar-refractivity contribution is 0.0951. The molecule has 2 aliphatic rings. The molecule has 8 heteroatoms. The maximum atomic E-state index is 12.5. The molecule has 174 valence electrons. The second-order valence-corrected chi connectivity index (χ2v) is 10.7. The number of carbonyl (C=O) groups excluding carboxylic acids is 1. The van der Waals surface area contributed by atoms with Gasteiger partial charge in [0.2, 0.25) is 0 Å². The number of carbonyl (C=O) groups is 1. The van der Waals surface area contributed by atoms with Crippen molar-refractivity contribution in [1.82, 2.24) is 5.32 Å². The number of benzene rings is 3. The van der Waals surface area contributed by atoms with Gasteiger partial charge < -0.3 is 5.32 Å². The van der Waals surface area contributed by atoms with Gasteiger partial charge in [-0.05, 0) is 82.8 Å². The molecule has 0 bridgehead atoms. The highest BCUT2D eigenvalue weighted by Gasteiger charge is 2.41. The Kier molecular flexibility index (Phi) is 5.70. The van der Waals surface area contributed by atoms with Crippen LogP contribution in [0.15, 0.2) is 66.7 Å². The minimum Gasteiger partial charge on any atom is -0.348 e. The summed E-state index contributed by atoms with van der Waals surface area (Å²) in [4.78, 5) is 12.5. The standard InChI is InChI=1S/C26H26N4O3S/c1-29-25-14-22(10-11-24(25)30(34(29,32)33)17-18-8-9-18)21-6-3-5-20(13-21)16-28-26(31)23-7-2-4-19(12-23)15-27/h2-7,10-14,18,32-33H,8-9,16-17H2,1H3,(H,28,31). The number of nitrogens with zero attached hydrogens (tertiary/aromatic N) is 3. The third kappa shape index (κ3) is 4.21. The molecular formula is C26H26N4O3S. The molecule has 3 aromatic rings. The summed E-state index contributed by atoms with van der Waals surface area (Å²) in [6.45, 7) is 1.01. The van der Waals surface area contributed by atoms with E-state index in [4.69, 9.17) is 5.26 Å². The Morgan fingerprint density at radius 2 is 1.82 bits per heavy atom. The van der Waals surface area contributed by atoms with Crippen LogP contribution in [0.5, 0.6) is 0 Å². The van der Waals surface area contributed by atoms with Gasteiger partial charge in [0.15, 0.2) is 0 Å². The first-order valence-electron chi connectivity index (χ1n) is 11.2. The van der Waals surface area contributed by atoms with Gasteiger partial charge in [0, 0.05) is 25.7 Å². The third-order valence-electron chi connectivity index (χ3n) is 6.33. The molecule has 1 aliphatic carbocycles. The molecule has 0 radical (unpaired) electrons. The van der Waals surface area contributed by atoms with Gasteiger partial charge in [-0.1, -0.05) is 30.3 Å². The molecule has 1 amide bonds. The zero-order valence-electron chi connectivity index (χ0n) is 18.8. The minimum atomic E-state index is -3.04. The van der Waals surface area contributed by atoms with Crippen molar-refractivity contribution < 1.29 is 13.9 Å². The Bertz CT molecular complexity index is 1300. The van der Waals surface area contributed by atoms with E-state index in [9.17, 15) is 13.9 Å². The van der Waals surface area contributed by atoms with Gasteiger partial charge >= 0.3 is 0 Å². The highest BCUT2D eigenvalue weighted by atomic mass is 32.3. The van der Waals surface area contributed by atoms with Crippen LogP contribution in [0.1, 0.15) is 34.3 Å². The first kappa shape index (κ1) is 22.3. The molecule has 0 spiro atoms. The van der Waals surface area contributed by atoms with E-state index in [1.54, 1.807) is 39.9 Å². The molecule has 1 aliphatic heterocycles. The number of anilines is 2. The monoisotopic (exact) mass is 474 g/mol. The van der Waals surface area contributed by atoms with Crippen LogP contribution < -0.4 is 13.9 Å². The molecule has 1 saturated carbocycles. The molecule has 0 saturated heterocycles. The molecule has 0 aromatic heterocycles.